The first kappa shape index (κ1) is 20.1. The summed E-state index contributed by atoms with van der Waals surface area (Å²) in [4.78, 5) is 12.3. The first-order valence-corrected chi connectivity index (χ1v) is 9.95. The van der Waals surface area contributed by atoms with E-state index < -0.39 is 10.0 Å². The molecule has 1 amide bonds. The van der Waals surface area contributed by atoms with Crippen molar-refractivity contribution in [3.63, 3.8) is 0 Å². The van der Waals surface area contributed by atoms with Crippen LogP contribution in [0.25, 0.3) is 0 Å². The number of hydrogen-bond acceptors (Lipinski definition) is 5. The molecule has 3 rings (SSSR count). The van der Waals surface area contributed by atoms with E-state index in [1.54, 1.807) is 0 Å². The molecule has 0 radical (unpaired) electrons. The second kappa shape index (κ2) is 8.46. The zero-order valence-corrected chi connectivity index (χ0v) is 15.8. The molecule has 0 spiro atoms. The molecule has 1 atom stereocenters. The lowest BCUT2D eigenvalue weighted by molar-refractivity contribution is -0.117. The highest BCUT2D eigenvalue weighted by molar-refractivity contribution is 7.88. The largest absolute Gasteiger partial charge is 0.378 e. The molecule has 1 aromatic carbocycles. The summed E-state index contributed by atoms with van der Waals surface area (Å²) in [6, 6.07) is 5.68. The maximum absolute atomic E-state index is 12.3. The summed E-state index contributed by atoms with van der Waals surface area (Å²) in [7, 11) is -3.20. The highest BCUT2D eigenvalue weighted by Crippen LogP contribution is 2.27. The summed E-state index contributed by atoms with van der Waals surface area (Å²) in [5, 5.41) is 6.23. The predicted molar refractivity (Wildman–Crippen MR) is 98.5 cm³/mol. The lowest BCUT2D eigenvalue weighted by atomic mass is 9.99. The van der Waals surface area contributed by atoms with Gasteiger partial charge in [-0.2, -0.15) is 4.31 Å². The van der Waals surface area contributed by atoms with Gasteiger partial charge in [-0.25, -0.2) is 8.42 Å². The maximum atomic E-state index is 12.3. The van der Waals surface area contributed by atoms with E-state index in [1.807, 2.05) is 18.2 Å². The maximum Gasteiger partial charge on any atom is 0.226 e. The first-order chi connectivity index (χ1) is 11.4. The molecule has 2 N–H and O–H groups in total. The number of carbonyl (C=O) groups excluding carboxylic acids is 1. The summed E-state index contributed by atoms with van der Waals surface area (Å²) in [5.74, 6) is -0.0584. The third-order valence-corrected chi connectivity index (χ3v) is 5.65. The van der Waals surface area contributed by atoms with Crippen molar-refractivity contribution < 1.29 is 17.9 Å². The summed E-state index contributed by atoms with van der Waals surface area (Å²) >= 11 is 0. The van der Waals surface area contributed by atoms with Gasteiger partial charge in [-0.05, 0) is 23.6 Å². The van der Waals surface area contributed by atoms with Crippen molar-refractivity contribution in [2.75, 3.05) is 37.9 Å². The van der Waals surface area contributed by atoms with E-state index in [0.29, 0.717) is 39.1 Å². The topological polar surface area (TPSA) is 87.7 Å². The quantitative estimate of drug-likeness (QED) is 0.793. The van der Waals surface area contributed by atoms with Crippen LogP contribution in [-0.4, -0.2) is 57.2 Å². The van der Waals surface area contributed by atoms with Crippen LogP contribution in [0.3, 0.4) is 0 Å². The number of carbonyl (C=O) groups is 1. The van der Waals surface area contributed by atoms with E-state index >= 15 is 0 Å². The fourth-order valence-electron chi connectivity index (χ4n) is 3.16. The first-order valence-electron chi connectivity index (χ1n) is 8.10. The zero-order chi connectivity index (χ0) is 17.2. The monoisotopic (exact) mass is 389 g/mol. The molecule has 9 heteroatoms. The Morgan fingerprint density at radius 3 is 2.92 bits per heavy atom. The number of rotatable bonds is 4. The number of morpholine rings is 1. The van der Waals surface area contributed by atoms with Crippen LogP contribution in [-0.2, 0) is 32.5 Å². The van der Waals surface area contributed by atoms with Gasteiger partial charge in [0, 0.05) is 37.8 Å². The summed E-state index contributed by atoms with van der Waals surface area (Å²) < 4.78 is 30.3. The Balaban J connectivity index is 0.00000225. The van der Waals surface area contributed by atoms with Gasteiger partial charge < -0.3 is 15.4 Å². The number of anilines is 1. The summed E-state index contributed by atoms with van der Waals surface area (Å²) in [6.07, 6.45) is 2.19. The van der Waals surface area contributed by atoms with Crippen LogP contribution in [0.5, 0.6) is 0 Å². The van der Waals surface area contributed by atoms with E-state index in [0.717, 1.165) is 23.4 Å². The van der Waals surface area contributed by atoms with E-state index in [-0.39, 0.29) is 24.4 Å². The van der Waals surface area contributed by atoms with E-state index in [2.05, 4.69) is 10.6 Å². The van der Waals surface area contributed by atoms with Crippen molar-refractivity contribution in [3.05, 3.63) is 29.3 Å². The minimum Gasteiger partial charge on any atom is -0.378 e. The number of amides is 1. The average molecular weight is 390 g/mol. The average Bonchev–Trinajstić information content (AvgIpc) is 2.54. The Morgan fingerprint density at radius 2 is 2.24 bits per heavy atom. The third-order valence-electron chi connectivity index (χ3n) is 4.40. The Hall–Kier alpha value is -1.19. The van der Waals surface area contributed by atoms with Gasteiger partial charge in [0.05, 0.1) is 19.5 Å². The molecular formula is C16H24ClN3O4S. The van der Waals surface area contributed by atoms with Gasteiger partial charge in [0.25, 0.3) is 0 Å². The second-order valence-corrected chi connectivity index (χ2v) is 8.25. The normalized spacial score (nSPS) is 21.1. The van der Waals surface area contributed by atoms with E-state index in [4.69, 9.17) is 4.74 Å². The van der Waals surface area contributed by atoms with E-state index in [1.165, 1.54) is 10.6 Å². The van der Waals surface area contributed by atoms with Gasteiger partial charge in [0.1, 0.15) is 0 Å². The molecule has 1 aromatic rings. The van der Waals surface area contributed by atoms with Gasteiger partial charge in [-0.15, -0.1) is 12.4 Å². The van der Waals surface area contributed by atoms with Crippen LogP contribution in [0.4, 0.5) is 5.69 Å². The second-order valence-electron chi connectivity index (χ2n) is 6.27. The molecular weight excluding hydrogens is 366 g/mol. The smallest absolute Gasteiger partial charge is 0.226 e. The highest BCUT2D eigenvalue weighted by atomic mass is 35.5. The van der Waals surface area contributed by atoms with Crippen molar-refractivity contribution in [1.82, 2.24) is 9.62 Å². The van der Waals surface area contributed by atoms with Gasteiger partial charge in [0.15, 0.2) is 0 Å². The van der Waals surface area contributed by atoms with Crippen LogP contribution < -0.4 is 10.6 Å². The number of fused-ring (bicyclic) bond motifs is 1. The minimum atomic E-state index is -3.20. The molecule has 2 aliphatic heterocycles. The van der Waals surface area contributed by atoms with Crippen LogP contribution >= 0.6 is 12.4 Å². The molecule has 1 saturated heterocycles. The Labute approximate surface area is 154 Å². The Bertz CT molecular complexity index is 720. The van der Waals surface area contributed by atoms with Crippen LogP contribution in [0.1, 0.15) is 17.5 Å². The number of hydrogen-bond donors (Lipinski definition) is 2. The van der Waals surface area contributed by atoms with Crippen molar-refractivity contribution in [3.8, 4) is 0 Å². The van der Waals surface area contributed by atoms with Crippen molar-refractivity contribution in [2.24, 2.45) is 0 Å². The standard InChI is InChI=1S/C16H23N3O4S.ClH/c1-24(21,22)19-7-5-14-12(10-19)3-2-4-15(14)18-16(20)9-13-11-23-8-6-17-13;/h2-4,13,17H,5-11H2,1H3,(H,18,20);1H. The molecule has 0 aromatic heterocycles. The molecule has 0 saturated carbocycles. The molecule has 2 heterocycles. The Morgan fingerprint density at radius 1 is 1.44 bits per heavy atom. The molecule has 2 aliphatic rings. The van der Waals surface area contributed by atoms with Crippen molar-refractivity contribution >= 4 is 34.0 Å². The number of ether oxygens (including phenoxy) is 1. The fourth-order valence-corrected chi connectivity index (χ4v) is 3.96. The molecule has 1 unspecified atom stereocenters. The molecule has 25 heavy (non-hydrogen) atoms. The molecule has 140 valence electrons. The van der Waals surface area contributed by atoms with Crippen molar-refractivity contribution in [2.45, 2.75) is 25.4 Å². The zero-order valence-electron chi connectivity index (χ0n) is 14.2. The molecule has 7 nitrogen and oxygen atoms in total. The van der Waals surface area contributed by atoms with Gasteiger partial charge in [-0.1, -0.05) is 12.1 Å². The lowest BCUT2D eigenvalue weighted by Crippen LogP contribution is -2.43. The van der Waals surface area contributed by atoms with Gasteiger partial charge in [-0.3, -0.25) is 4.79 Å². The van der Waals surface area contributed by atoms with Crippen LogP contribution in [0.2, 0.25) is 0 Å². The summed E-state index contributed by atoms with van der Waals surface area (Å²) in [5.41, 5.74) is 2.75. The predicted octanol–water partition coefficient (Wildman–Crippen LogP) is 0.743. The van der Waals surface area contributed by atoms with Gasteiger partial charge >= 0.3 is 0 Å². The van der Waals surface area contributed by atoms with Crippen molar-refractivity contribution in [1.29, 1.82) is 0 Å². The summed E-state index contributed by atoms with van der Waals surface area (Å²) in [6.45, 7) is 2.79. The number of benzene rings is 1. The number of halogens is 1. The minimum absolute atomic E-state index is 0. The highest BCUT2D eigenvalue weighted by Gasteiger charge is 2.25. The molecule has 0 bridgehead atoms. The number of nitrogens with zero attached hydrogens (tertiary/aromatic N) is 1. The van der Waals surface area contributed by atoms with Crippen LogP contribution in [0.15, 0.2) is 18.2 Å². The van der Waals surface area contributed by atoms with Crippen LogP contribution in [0, 0.1) is 0 Å². The Kier molecular flexibility index (Phi) is 6.81. The third kappa shape index (κ3) is 5.15. The molecule has 0 aliphatic carbocycles. The lowest BCUT2D eigenvalue weighted by Gasteiger charge is -2.28. The van der Waals surface area contributed by atoms with E-state index in [9.17, 15) is 13.2 Å². The number of nitrogens with one attached hydrogen (secondary N) is 2. The number of sulfonamides is 1. The fraction of sp³-hybridized carbons (Fsp3) is 0.562. The van der Waals surface area contributed by atoms with Gasteiger partial charge in [0.2, 0.25) is 15.9 Å². The SMILES string of the molecule is CS(=O)(=O)N1CCc2c(cccc2NC(=O)CC2COCCN2)C1.Cl. The molecule has 1 fully saturated rings.